The number of benzene rings is 1. The number of carbonyl (C=O) groups excluding carboxylic acids is 1. The van der Waals surface area contributed by atoms with Crippen LogP contribution in [-0.4, -0.2) is 10.9 Å². The Morgan fingerprint density at radius 1 is 1.57 bits per heavy atom. The van der Waals surface area contributed by atoms with Crippen molar-refractivity contribution in [3.05, 3.63) is 23.2 Å². The summed E-state index contributed by atoms with van der Waals surface area (Å²) in [5, 5.41) is 3.04. The lowest BCUT2D eigenvalue weighted by Crippen LogP contribution is -2.05. The van der Waals surface area contributed by atoms with Crippen molar-refractivity contribution in [3.63, 3.8) is 0 Å². The zero-order valence-corrected chi connectivity index (χ0v) is 8.13. The second kappa shape index (κ2) is 3.31. The summed E-state index contributed by atoms with van der Waals surface area (Å²) in [6.45, 7) is 1.39. The van der Waals surface area contributed by atoms with E-state index < -0.39 is 0 Å². The third kappa shape index (κ3) is 1.70. The molecule has 0 saturated carbocycles. The molecule has 0 spiro atoms. The number of anilines is 1. The predicted octanol–water partition coefficient (Wildman–Crippen LogP) is 2.44. The maximum absolute atomic E-state index is 10.7. The third-order valence-corrected chi connectivity index (χ3v) is 1.87. The molecular weight excluding hydrogens is 204 g/mol. The standard InChI is InChI=1S/C9H7ClN2O2/c1-5(13)11-9-12-7-4-6(10)2-3-8(7)14-9/h2-4H,1H3,(H,11,12,13). The van der Waals surface area contributed by atoms with Crippen LogP contribution in [-0.2, 0) is 4.79 Å². The Labute approximate surface area is 84.9 Å². The maximum Gasteiger partial charge on any atom is 0.302 e. The van der Waals surface area contributed by atoms with Gasteiger partial charge in [0, 0.05) is 11.9 Å². The smallest absolute Gasteiger partial charge is 0.302 e. The molecule has 0 fully saturated rings. The van der Waals surface area contributed by atoms with Gasteiger partial charge in [0.1, 0.15) is 5.52 Å². The molecule has 0 aliphatic carbocycles. The number of halogens is 1. The van der Waals surface area contributed by atoms with Crippen molar-refractivity contribution < 1.29 is 9.21 Å². The summed E-state index contributed by atoms with van der Waals surface area (Å²) >= 11 is 5.76. The molecule has 1 heterocycles. The molecule has 1 aromatic carbocycles. The van der Waals surface area contributed by atoms with E-state index in [-0.39, 0.29) is 11.9 Å². The molecule has 0 radical (unpaired) electrons. The first-order valence-electron chi connectivity index (χ1n) is 3.99. The lowest BCUT2D eigenvalue weighted by atomic mass is 10.3. The topological polar surface area (TPSA) is 55.1 Å². The molecule has 0 aliphatic rings. The fraction of sp³-hybridized carbons (Fsp3) is 0.111. The fourth-order valence-electron chi connectivity index (χ4n) is 1.10. The van der Waals surface area contributed by atoms with Gasteiger partial charge in [-0.05, 0) is 18.2 Å². The number of oxazole rings is 1. The summed E-state index contributed by atoms with van der Waals surface area (Å²) in [6.07, 6.45) is 0. The summed E-state index contributed by atoms with van der Waals surface area (Å²) < 4.78 is 5.23. The van der Waals surface area contributed by atoms with E-state index in [4.69, 9.17) is 16.0 Å². The van der Waals surface area contributed by atoms with Gasteiger partial charge in [-0.2, -0.15) is 4.98 Å². The number of aromatic nitrogens is 1. The minimum Gasteiger partial charge on any atom is -0.423 e. The highest BCUT2D eigenvalue weighted by Crippen LogP contribution is 2.21. The quantitative estimate of drug-likeness (QED) is 0.787. The average molecular weight is 211 g/mol. The van der Waals surface area contributed by atoms with Crippen LogP contribution in [0.1, 0.15) is 6.92 Å². The van der Waals surface area contributed by atoms with Crippen molar-refractivity contribution in [1.82, 2.24) is 4.98 Å². The molecule has 0 aliphatic heterocycles. The van der Waals surface area contributed by atoms with Crippen molar-refractivity contribution >= 4 is 34.6 Å². The SMILES string of the molecule is CC(=O)Nc1nc2cc(Cl)ccc2o1. The van der Waals surface area contributed by atoms with E-state index in [1.54, 1.807) is 18.2 Å². The van der Waals surface area contributed by atoms with Gasteiger partial charge < -0.3 is 4.42 Å². The van der Waals surface area contributed by atoms with E-state index in [0.717, 1.165) is 0 Å². The van der Waals surface area contributed by atoms with Gasteiger partial charge in [0.2, 0.25) is 5.91 Å². The second-order valence-electron chi connectivity index (χ2n) is 2.81. The zero-order valence-electron chi connectivity index (χ0n) is 7.37. The van der Waals surface area contributed by atoms with Gasteiger partial charge in [0.15, 0.2) is 5.58 Å². The number of hydrogen-bond donors (Lipinski definition) is 1. The lowest BCUT2D eigenvalue weighted by Gasteiger charge is -1.90. The lowest BCUT2D eigenvalue weighted by molar-refractivity contribution is -0.114. The summed E-state index contributed by atoms with van der Waals surface area (Å²) in [4.78, 5) is 14.8. The van der Waals surface area contributed by atoms with Crippen LogP contribution in [0, 0.1) is 0 Å². The first kappa shape index (κ1) is 9.02. The molecule has 1 aromatic heterocycles. The van der Waals surface area contributed by atoms with Gasteiger partial charge in [-0.15, -0.1) is 0 Å². The van der Waals surface area contributed by atoms with E-state index in [9.17, 15) is 4.79 Å². The molecular formula is C9H7ClN2O2. The highest BCUT2D eigenvalue weighted by molar-refractivity contribution is 6.31. The summed E-state index contributed by atoms with van der Waals surface area (Å²) in [5.41, 5.74) is 1.22. The van der Waals surface area contributed by atoms with Crippen LogP contribution in [0.5, 0.6) is 0 Å². The summed E-state index contributed by atoms with van der Waals surface area (Å²) in [5.74, 6) is -0.220. The Kier molecular flexibility index (Phi) is 2.13. The minimum atomic E-state index is -0.220. The molecule has 0 unspecified atom stereocenters. The molecule has 2 aromatic rings. The van der Waals surface area contributed by atoms with Gasteiger partial charge >= 0.3 is 6.01 Å². The number of fused-ring (bicyclic) bond motifs is 1. The number of hydrogen-bond acceptors (Lipinski definition) is 3. The first-order valence-corrected chi connectivity index (χ1v) is 4.36. The van der Waals surface area contributed by atoms with Crippen molar-refractivity contribution in [2.75, 3.05) is 5.32 Å². The summed E-state index contributed by atoms with van der Waals surface area (Å²) in [6, 6.07) is 5.27. The molecule has 0 bridgehead atoms. The van der Waals surface area contributed by atoms with Crippen molar-refractivity contribution in [3.8, 4) is 0 Å². The predicted molar refractivity (Wildman–Crippen MR) is 53.3 cm³/mol. The normalized spacial score (nSPS) is 10.4. The van der Waals surface area contributed by atoms with E-state index in [0.29, 0.717) is 16.1 Å². The van der Waals surface area contributed by atoms with Crippen molar-refractivity contribution in [2.45, 2.75) is 6.92 Å². The number of nitrogens with one attached hydrogen (secondary N) is 1. The Hall–Kier alpha value is -1.55. The fourth-order valence-corrected chi connectivity index (χ4v) is 1.27. The van der Waals surface area contributed by atoms with Crippen molar-refractivity contribution in [2.24, 2.45) is 0 Å². The molecule has 72 valence electrons. The Bertz CT molecular complexity index is 493. The van der Waals surface area contributed by atoms with Gasteiger partial charge in [-0.25, -0.2) is 0 Å². The Balaban J connectivity index is 2.46. The number of nitrogens with zero attached hydrogens (tertiary/aromatic N) is 1. The van der Waals surface area contributed by atoms with Gasteiger partial charge in [-0.1, -0.05) is 11.6 Å². The van der Waals surface area contributed by atoms with Crippen molar-refractivity contribution in [1.29, 1.82) is 0 Å². The van der Waals surface area contributed by atoms with E-state index >= 15 is 0 Å². The molecule has 14 heavy (non-hydrogen) atoms. The van der Waals surface area contributed by atoms with Crippen LogP contribution < -0.4 is 5.32 Å². The Morgan fingerprint density at radius 3 is 3.07 bits per heavy atom. The molecule has 1 N–H and O–H groups in total. The average Bonchev–Trinajstić information content (AvgIpc) is 2.44. The first-order chi connectivity index (χ1) is 6.65. The largest absolute Gasteiger partial charge is 0.423 e. The van der Waals surface area contributed by atoms with Crippen LogP contribution in [0.4, 0.5) is 6.01 Å². The second-order valence-corrected chi connectivity index (χ2v) is 3.25. The molecule has 4 nitrogen and oxygen atoms in total. The third-order valence-electron chi connectivity index (χ3n) is 1.63. The highest BCUT2D eigenvalue weighted by atomic mass is 35.5. The molecule has 1 amide bonds. The van der Waals surface area contributed by atoms with Gasteiger partial charge in [-0.3, -0.25) is 10.1 Å². The maximum atomic E-state index is 10.7. The van der Waals surface area contributed by atoms with Crippen LogP contribution in [0.3, 0.4) is 0 Å². The van der Waals surface area contributed by atoms with Crippen LogP contribution in [0.15, 0.2) is 22.6 Å². The zero-order chi connectivity index (χ0) is 10.1. The monoisotopic (exact) mass is 210 g/mol. The minimum absolute atomic E-state index is 0.190. The number of rotatable bonds is 1. The molecule has 0 saturated heterocycles. The summed E-state index contributed by atoms with van der Waals surface area (Å²) in [7, 11) is 0. The molecule has 0 atom stereocenters. The van der Waals surface area contributed by atoms with Gasteiger partial charge in [0.25, 0.3) is 0 Å². The van der Waals surface area contributed by atoms with E-state index in [1.807, 2.05) is 0 Å². The van der Waals surface area contributed by atoms with E-state index in [1.165, 1.54) is 6.92 Å². The van der Waals surface area contributed by atoms with Gasteiger partial charge in [0.05, 0.1) is 0 Å². The van der Waals surface area contributed by atoms with Crippen LogP contribution in [0.25, 0.3) is 11.1 Å². The van der Waals surface area contributed by atoms with E-state index in [2.05, 4.69) is 10.3 Å². The molecule has 5 heteroatoms. The highest BCUT2D eigenvalue weighted by Gasteiger charge is 2.06. The van der Waals surface area contributed by atoms with Crippen LogP contribution >= 0.6 is 11.6 Å². The Morgan fingerprint density at radius 2 is 2.36 bits per heavy atom. The van der Waals surface area contributed by atoms with Crippen LogP contribution in [0.2, 0.25) is 5.02 Å². The number of amides is 1. The number of carbonyl (C=O) groups is 1. The molecule has 2 rings (SSSR count).